The molecule has 2 heterocycles. The Morgan fingerprint density at radius 3 is 2.18 bits per heavy atom. The van der Waals surface area contributed by atoms with E-state index in [1.165, 1.54) is 0 Å². The van der Waals surface area contributed by atoms with E-state index in [2.05, 4.69) is 45.1 Å². The van der Waals surface area contributed by atoms with Crippen LogP contribution in [-0.4, -0.2) is 20.2 Å². The third-order valence-corrected chi connectivity index (χ3v) is 6.15. The molecule has 2 aromatic heterocycles. The second-order valence-corrected chi connectivity index (χ2v) is 8.61. The zero-order chi connectivity index (χ0) is 23.3. The Bertz CT molecular complexity index is 1300. The van der Waals surface area contributed by atoms with Gasteiger partial charge in [-0.2, -0.15) is 0 Å². The lowest BCUT2D eigenvalue weighted by atomic mass is 9.98. The van der Waals surface area contributed by atoms with Crippen molar-refractivity contribution in [2.75, 3.05) is 0 Å². The molecule has 0 saturated carbocycles. The van der Waals surface area contributed by atoms with Crippen molar-refractivity contribution in [3.05, 3.63) is 136 Å². The molecular formula is C26H21Cl2N5O. The van der Waals surface area contributed by atoms with Crippen LogP contribution < -0.4 is 5.32 Å². The predicted octanol–water partition coefficient (Wildman–Crippen LogP) is 6.09. The van der Waals surface area contributed by atoms with Crippen molar-refractivity contribution in [3.8, 4) is 0 Å². The first-order valence-electron chi connectivity index (χ1n) is 10.8. The van der Waals surface area contributed by atoms with Crippen molar-refractivity contribution >= 4 is 23.2 Å². The number of furan rings is 1. The first-order chi connectivity index (χ1) is 16.7. The van der Waals surface area contributed by atoms with E-state index in [0.717, 1.165) is 22.5 Å². The molecule has 3 aromatic carbocycles. The first-order valence-corrected chi connectivity index (χ1v) is 11.5. The van der Waals surface area contributed by atoms with Crippen molar-refractivity contribution in [2.45, 2.75) is 18.6 Å². The Labute approximate surface area is 207 Å². The number of hydrogen-bond donors (Lipinski definition) is 1. The molecule has 1 atom stereocenters. The highest BCUT2D eigenvalue weighted by Crippen LogP contribution is 2.33. The molecular weight excluding hydrogens is 469 g/mol. The fraction of sp³-hybridized carbons (Fsp3) is 0.115. The average Bonchev–Trinajstić information content (AvgIpc) is 3.55. The molecule has 5 rings (SSSR count). The average molecular weight is 490 g/mol. The summed E-state index contributed by atoms with van der Waals surface area (Å²) in [6.45, 7) is 0.463. The van der Waals surface area contributed by atoms with E-state index in [1.54, 1.807) is 12.3 Å². The van der Waals surface area contributed by atoms with Crippen molar-refractivity contribution in [2.24, 2.45) is 0 Å². The van der Waals surface area contributed by atoms with Crippen LogP contribution >= 0.6 is 23.2 Å². The maximum atomic E-state index is 6.64. The number of hydrogen-bond acceptors (Lipinski definition) is 5. The summed E-state index contributed by atoms with van der Waals surface area (Å²) < 4.78 is 7.37. The molecule has 0 fully saturated rings. The molecule has 1 N–H and O–H groups in total. The third-order valence-electron chi connectivity index (χ3n) is 5.59. The summed E-state index contributed by atoms with van der Waals surface area (Å²) in [5.74, 6) is 1.41. The Kier molecular flexibility index (Phi) is 6.72. The van der Waals surface area contributed by atoms with Crippen molar-refractivity contribution in [1.29, 1.82) is 0 Å². The second kappa shape index (κ2) is 10.2. The number of nitrogens with zero attached hydrogens (tertiary/aromatic N) is 4. The summed E-state index contributed by atoms with van der Waals surface area (Å²) in [7, 11) is 0. The summed E-state index contributed by atoms with van der Waals surface area (Å²) in [6.07, 6.45) is 1.65. The van der Waals surface area contributed by atoms with Gasteiger partial charge in [0.1, 0.15) is 11.8 Å². The minimum Gasteiger partial charge on any atom is -0.468 e. The minimum atomic E-state index is -0.417. The molecule has 34 heavy (non-hydrogen) atoms. The summed E-state index contributed by atoms with van der Waals surface area (Å²) in [4.78, 5) is 0. The third kappa shape index (κ3) is 4.75. The van der Waals surface area contributed by atoms with E-state index < -0.39 is 6.04 Å². The van der Waals surface area contributed by atoms with Gasteiger partial charge in [0.15, 0.2) is 5.82 Å². The standard InChI is InChI=1S/C26H21Cl2N5O/c27-20-13-14-22(23(28)16-20)24(29-17-21-12-7-15-34-21)26-30-31-32-33(26)25(18-8-3-1-4-9-18)19-10-5-2-6-11-19/h1-16,24-25,29H,17H2/t24-/m1/s1. The van der Waals surface area contributed by atoms with Gasteiger partial charge in [0.25, 0.3) is 0 Å². The molecule has 0 saturated heterocycles. The predicted molar refractivity (Wildman–Crippen MR) is 132 cm³/mol. The Hall–Kier alpha value is -3.45. The van der Waals surface area contributed by atoms with Gasteiger partial charge in [0.2, 0.25) is 0 Å². The molecule has 0 radical (unpaired) electrons. The van der Waals surface area contributed by atoms with Gasteiger partial charge in [-0.25, -0.2) is 4.68 Å². The lowest BCUT2D eigenvalue weighted by Gasteiger charge is -2.24. The van der Waals surface area contributed by atoms with Gasteiger partial charge in [0, 0.05) is 10.0 Å². The zero-order valence-electron chi connectivity index (χ0n) is 18.1. The van der Waals surface area contributed by atoms with Gasteiger partial charge in [0.05, 0.1) is 18.8 Å². The quantitative estimate of drug-likeness (QED) is 0.285. The molecule has 0 aliphatic heterocycles. The molecule has 0 bridgehead atoms. The monoisotopic (exact) mass is 489 g/mol. The van der Waals surface area contributed by atoms with Crippen LogP contribution in [0, 0.1) is 0 Å². The summed E-state index contributed by atoms with van der Waals surface area (Å²) in [6, 6.07) is 28.9. The Morgan fingerprint density at radius 1 is 0.853 bits per heavy atom. The summed E-state index contributed by atoms with van der Waals surface area (Å²) in [5.41, 5.74) is 2.94. The van der Waals surface area contributed by atoms with Crippen LogP contribution in [0.5, 0.6) is 0 Å². The molecule has 6 nitrogen and oxygen atoms in total. The molecule has 8 heteroatoms. The van der Waals surface area contributed by atoms with Gasteiger partial charge in [-0.1, -0.05) is 89.9 Å². The number of rotatable bonds is 8. The van der Waals surface area contributed by atoms with Crippen molar-refractivity contribution < 1.29 is 4.42 Å². The van der Waals surface area contributed by atoms with Crippen LogP contribution in [0.1, 0.15) is 40.4 Å². The number of aromatic nitrogens is 4. The van der Waals surface area contributed by atoms with Crippen LogP contribution in [-0.2, 0) is 6.54 Å². The van der Waals surface area contributed by atoms with Crippen molar-refractivity contribution in [1.82, 2.24) is 25.5 Å². The lowest BCUT2D eigenvalue weighted by molar-refractivity contribution is 0.446. The molecule has 5 aromatic rings. The smallest absolute Gasteiger partial charge is 0.173 e. The van der Waals surface area contributed by atoms with E-state index >= 15 is 0 Å². The lowest BCUT2D eigenvalue weighted by Crippen LogP contribution is -2.28. The van der Waals surface area contributed by atoms with Gasteiger partial charge < -0.3 is 4.42 Å². The Morgan fingerprint density at radius 2 is 1.56 bits per heavy atom. The van der Waals surface area contributed by atoms with Crippen LogP contribution in [0.4, 0.5) is 0 Å². The largest absolute Gasteiger partial charge is 0.468 e. The molecule has 0 spiro atoms. The van der Waals surface area contributed by atoms with Gasteiger partial charge in [-0.15, -0.1) is 5.10 Å². The summed E-state index contributed by atoms with van der Waals surface area (Å²) >= 11 is 12.8. The van der Waals surface area contributed by atoms with Crippen molar-refractivity contribution in [3.63, 3.8) is 0 Å². The molecule has 0 amide bonds. The van der Waals surface area contributed by atoms with E-state index in [1.807, 2.05) is 65.3 Å². The van der Waals surface area contributed by atoms with Gasteiger partial charge in [-0.3, -0.25) is 5.32 Å². The van der Waals surface area contributed by atoms with E-state index in [4.69, 9.17) is 27.6 Å². The highest BCUT2D eigenvalue weighted by atomic mass is 35.5. The fourth-order valence-corrected chi connectivity index (χ4v) is 4.53. The zero-order valence-corrected chi connectivity index (χ0v) is 19.6. The topological polar surface area (TPSA) is 68.8 Å². The second-order valence-electron chi connectivity index (χ2n) is 7.76. The first kappa shape index (κ1) is 22.3. The molecule has 0 aliphatic rings. The SMILES string of the molecule is Clc1ccc([C@@H](NCc2ccco2)c2nnnn2C(c2ccccc2)c2ccccc2)c(Cl)c1. The number of nitrogens with one attached hydrogen (secondary N) is 1. The molecule has 0 aliphatic carbocycles. The Balaban J connectivity index is 1.62. The van der Waals surface area contributed by atoms with Gasteiger partial charge in [-0.05, 0) is 51.4 Å². The van der Waals surface area contributed by atoms with Crippen LogP contribution in [0.25, 0.3) is 0 Å². The molecule has 170 valence electrons. The normalized spacial score (nSPS) is 12.2. The van der Waals surface area contributed by atoms with Crippen LogP contribution in [0.2, 0.25) is 10.0 Å². The number of tetrazole rings is 1. The summed E-state index contributed by atoms with van der Waals surface area (Å²) in [5, 5.41) is 17.5. The van der Waals surface area contributed by atoms with Gasteiger partial charge >= 0.3 is 0 Å². The molecule has 0 unspecified atom stereocenters. The van der Waals surface area contributed by atoms with E-state index in [0.29, 0.717) is 22.4 Å². The highest BCUT2D eigenvalue weighted by Gasteiger charge is 2.28. The van der Waals surface area contributed by atoms with Crippen LogP contribution in [0.3, 0.4) is 0 Å². The maximum Gasteiger partial charge on any atom is 0.173 e. The number of halogens is 2. The van der Waals surface area contributed by atoms with Crippen LogP contribution in [0.15, 0.2) is 102 Å². The number of benzene rings is 3. The van der Waals surface area contributed by atoms with E-state index in [9.17, 15) is 0 Å². The minimum absolute atomic E-state index is 0.230. The highest BCUT2D eigenvalue weighted by molar-refractivity contribution is 6.35. The fourth-order valence-electron chi connectivity index (χ4n) is 4.01. The maximum absolute atomic E-state index is 6.64. The van der Waals surface area contributed by atoms with E-state index in [-0.39, 0.29) is 6.04 Å².